The van der Waals surface area contributed by atoms with Gasteiger partial charge in [0.1, 0.15) is 17.3 Å². The third-order valence-electron chi connectivity index (χ3n) is 5.29. The van der Waals surface area contributed by atoms with E-state index in [1.807, 2.05) is 47.9 Å². The molecule has 6 heteroatoms. The minimum absolute atomic E-state index is 0.245. The maximum absolute atomic E-state index is 13.5. The number of halogens is 1. The molecule has 0 saturated carbocycles. The molecule has 0 aliphatic carbocycles. The number of nitrogen functional groups attached to an aromatic ring is 1. The van der Waals surface area contributed by atoms with Gasteiger partial charge in [-0.25, -0.2) is 9.18 Å². The van der Waals surface area contributed by atoms with Crippen molar-refractivity contribution in [3.63, 3.8) is 0 Å². The van der Waals surface area contributed by atoms with Gasteiger partial charge in [0.25, 0.3) is 0 Å². The van der Waals surface area contributed by atoms with Gasteiger partial charge in [-0.3, -0.25) is 0 Å². The number of esters is 1. The Bertz CT molecular complexity index is 1250. The minimum atomic E-state index is -0.436. The van der Waals surface area contributed by atoms with E-state index in [-0.39, 0.29) is 12.4 Å². The second-order valence-electron chi connectivity index (χ2n) is 7.36. The summed E-state index contributed by atoms with van der Waals surface area (Å²) in [7, 11) is 0. The molecular weight excluding hydrogens is 407 g/mol. The SMILES string of the molecule is CCOC(=O)c1c(-c2ccc(OCC)cc2)c2cccc(N)c2n1Cc1ccc(F)cc1. The van der Waals surface area contributed by atoms with E-state index in [9.17, 15) is 9.18 Å². The van der Waals surface area contributed by atoms with Crippen LogP contribution >= 0.6 is 0 Å². The fourth-order valence-electron chi connectivity index (χ4n) is 3.96. The van der Waals surface area contributed by atoms with Gasteiger partial charge in [0.15, 0.2) is 0 Å². The number of hydrogen-bond donors (Lipinski definition) is 1. The van der Waals surface area contributed by atoms with Gasteiger partial charge < -0.3 is 19.8 Å². The summed E-state index contributed by atoms with van der Waals surface area (Å²) in [5, 5.41) is 0.847. The summed E-state index contributed by atoms with van der Waals surface area (Å²) in [4.78, 5) is 13.2. The lowest BCUT2D eigenvalue weighted by Gasteiger charge is -2.13. The molecular formula is C26H25FN2O3. The van der Waals surface area contributed by atoms with Crippen molar-refractivity contribution < 1.29 is 18.7 Å². The van der Waals surface area contributed by atoms with Crippen LogP contribution in [0.5, 0.6) is 5.75 Å². The molecule has 0 atom stereocenters. The Hall–Kier alpha value is -3.80. The van der Waals surface area contributed by atoms with Crippen LogP contribution in [0.3, 0.4) is 0 Å². The Balaban J connectivity index is 1.97. The Kier molecular flexibility index (Phi) is 6.12. The van der Waals surface area contributed by atoms with Crippen LogP contribution in [-0.4, -0.2) is 23.8 Å². The number of benzene rings is 3. The molecule has 5 nitrogen and oxygen atoms in total. The molecule has 0 saturated heterocycles. The van der Waals surface area contributed by atoms with Crippen molar-refractivity contribution in [2.45, 2.75) is 20.4 Å². The average Bonchev–Trinajstić information content (AvgIpc) is 3.11. The summed E-state index contributed by atoms with van der Waals surface area (Å²) >= 11 is 0. The van der Waals surface area contributed by atoms with Crippen molar-refractivity contribution in [1.82, 2.24) is 4.57 Å². The topological polar surface area (TPSA) is 66.5 Å². The van der Waals surface area contributed by atoms with Crippen LogP contribution in [-0.2, 0) is 11.3 Å². The molecule has 0 radical (unpaired) electrons. The number of aromatic nitrogens is 1. The van der Waals surface area contributed by atoms with Crippen molar-refractivity contribution in [3.05, 3.63) is 83.8 Å². The van der Waals surface area contributed by atoms with Crippen LogP contribution in [0.25, 0.3) is 22.0 Å². The number of para-hydroxylation sites is 1. The normalized spacial score (nSPS) is 11.0. The number of hydrogen-bond acceptors (Lipinski definition) is 4. The number of fused-ring (bicyclic) bond motifs is 1. The number of rotatable bonds is 7. The average molecular weight is 432 g/mol. The quantitative estimate of drug-likeness (QED) is 0.303. The van der Waals surface area contributed by atoms with Crippen molar-refractivity contribution in [2.75, 3.05) is 18.9 Å². The van der Waals surface area contributed by atoms with Crippen molar-refractivity contribution in [3.8, 4) is 16.9 Å². The van der Waals surface area contributed by atoms with Gasteiger partial charge in [0.2, 0.25) is 0 Å². The summed E-state index contributed by atoms with van der Waals surface area (Å²) < 4.78 is 26.3. The first-order valence-electron chi connectivity index (χ1n) is 10.6. The smallest absolute Gasteiger partial charge is 0.355 e. The lowest BCUT2D eigenvalue weighted by atomic mass is 10.0. The first-order chi connectivity index (χ1) is 15.5. The van der Waals surface area contributed by atoms with Crippen molar-refractivity contribution >= 4 is 22.6 Å². The molecule has 32 heavy (non-hydrogen) atoms. The fraction of sp³-hybridized carbons (Fsp3) is 0.192. The zero-order valence-corrected chi connectivity index (χ0v) is 18.1. The molecule has 0 fully saturated rings. The van der Waals surface area contributed by atoms with Gasteiger partial charge in [-0.05, 0) is 55.3 Å². The largest absolute Gasteiger partial charge is 0.494 e. The first-order valence-corrected chi connectivity index (χ1v) is 10.6. The molecule has 164 valence electrons. The van der Waals surface area contributed by atoms with Crippen LogP contribution in [0.15, 0.2) is 66.7 Å². The van der Waals surface area contributed by atoms with E-state index >= 15 is 0 Å². The number of carbonyl (C=O) groups excluding carboxylic acids is 1. The number of nitrogens with two attached hydrogens (primary N) is 1. The standard InChI is InChI=1S/C26H25FN2O3/c1-3-31-20-14-10-18(11-15-20)23-21-6-5-7-22(28)24(21)29(25(23)26(30)32-4-2)16-17-8-12-19(27)13-9-17/h5-15H,3-4,16,28H2,1-2H3. The van der Waals surface area contributed by atoms with Crippen LogP contribution in [0.4, 0.5) is 10.1 Å². The molecule has 1 heterocycles. The van der Waals surface area contributed by atoms with Crippen LogP contribution in [0, 0.1) is 5.82 Å². The Morgan fingerprint density at radius 2 is 1.69 bits per heavy atom. The van der Waals surface area contributed by atoms with E-state index in [0.29, 0.717) is 24.5 Å². The van der Waals surface area contributed by atoms with Crippen LogP contribution in [0.2, 0.25) is 0 Å². The predicted octanol–water partition coefficient (Wildman–Crippen LogP) is 5.65. The zero-order chi connectivity index (χ0) is 22.7. The highest BCUT2D eigenvalue weighted by molar-refractivity contribution is 6.11. The molecule has 0 unspecified atom stereocenters. The molecule has 4 rings (SSSR count). The van der Waals surface area contributed by atoms with E-state index in [2.05, 4.69) is 0 Å². The van der Waals surface area contributed by atoms with Crippen molar-refractivity contribution in [1.29, 1.82) is 0 Å². The summed E-state index contributed by atoms with van der Waals surface area (Å²) in [6.45, 7) is 4.86. The number of ether oxygens (including phenoxy) is 2. The van der Waals surface area contributed by atoms with E-state index in [4.69, 9.17) is 15.2 Å². The molecule has 0 bridgehead atoms. The van der Waals surface area contributed by atoms with Crippen LogP contribution < -0.4 is 10.5 Å². The third kappa shape index (κ3) is 4.04. The highest BCUT2D eigenvalue weighted by Gasteiger charge is 2.26. The van der Waals surface area contributed by atoms with Crippen molar-refractivity contribution in [2.24, 2.45) is 0 Å². The number of anilines is 1. The molecule has 4 aromatic rings. The Morgan fingerprint density at radius 1 is 0.969 bits per heavy atom. The maximum Gasteiger partial charge on any atom is 0.355 e. The van der Waals surface area contributed by atoms with E-state index in [0.717, 1.165) is 33.3 Å². The van der Waals surface area contributed by atoms with E-state index in [1.165, 1.54) is 12.1 Å². The summed E-state index contributed by atoms with van der Waals surface area (Å²) in [6, 6.07) is 19.4. The summed E-state index contributed by atoms with van der Waals surface area (Å²) in [6.07, 6.45) is 0. The van der Waals surface area contributed by atoms with Gasteiger partial charge in [-0.1, -0.05) is 36.4 Å². The lowest BCUT2D eigenvalue weighted by molar-refractivity contribution is 0.0516. The van der Waals surface area contributed by atoms with Gasteiger partial charge in [-0.2, -0.15) is 0 Å². The van der Waals surface area contributed by atoms with Gasteiger partial charge in [-0.15, -0.1) is 0 Å². The van der Waals surface area contributed by atoms with Gasteiger partial charge in [0, 0.05) is 17.5 Å². The van der Waals surface area contributed by atoms with Gasteiger partial charge in [0.05, 0.1) is 24.4 Å². The third-order valence-corrected chi connectivity index (χ3v) is 5.29. The van der Waals surface area contributed by atoms with Crippen LogP contribution in [0.1, 0.15) is 29.9 Å². The highest BCUT2D eigenvalue weighted by atomic mass is 19.1. The molecule has 2 N–H and O–H groups in total. The molecule has 3 aromatic carbocycles. The fourth-order valence-corrected chi connectivity index (χ4v) is 3.96. The molecule has 0 spiro atoms. The molecule has 0 aliphatic rings. The monoisotopic (exact) mass is 432 g/mol. The number of carbonyl (C=O) groups is 1. The molecule has 1 aromatic heterocycles. The predicted molar refractivity (Wildman–Crippen MR) is 124 cm³/mol. The second-order valence-corrected chi connectivity index (χ2v) is 7.36. The second kappa shape index (κ2) is 9.14. The Morgan fingerprint density at radius 3 is 2.34 bits per heavy atom. The highest BCUT2D eigenvalue weighted by Crippen LogP contribution is 2.39. The zero-order valence-electron chi connectivity index (χ0n) is 18.1. The summed E-state index contributed by atoms with van der Waals surface area (Å²) in [5.41, 5.74) is 10.5. The first kappa shape index (κ1) is 21.4. The maximum atomic E-state index is 13.5. The lowest BCUT2D eigenvalue weighted by Crippen LogP contribution is -2.14. The molecule has 0 amide bonds. The van der Waals surface area contributed by atoms with Gasteiger partial charge >= 0.3 is 5.97 Å². The van der Waals surface area contributed by atoms with E-state index in [1.54, 1.807) is 25.1 Å². The molecule has 0 aliphatic heterocycles. The summed E-state index contributed by atoms with van der Waals surface area (Å²) in [5.74, 6) is 0.00363. The number of nitrogens with zero attached hydrogens (tertiary/aromatic N) is 1. The minimum Gasteiger partial charge on any atom is -0.494 e. The Labute approximate surface area is 186 Å². The van der Waals surface area contributed by atoms with E-state index < -0.39 is 5.97 Å².